The summed E-state index contributed by atoms with van der Waals surface area (Å²) in [5.41, 5.74) is 1.07. The van der Waals surface area contributed by atoms with Crippen LogP contribution in [0.1, 0.15) is 36.4 Å². The van der Waals surface area contributed by atoms with Crippen LogP contribution in [0.2, 0.25) is 0 Å². The minimum atomic E-state index is -0.205. The molecule has 0 amide bonds. The largest absolute Gasteiger partial charge is 0.392 e. The van der Waals surface area contributed by atoms with Gasteiger partial charge in [0.1, 0.15) is 0 Å². The van der Waals surface area contributed by atoms with Crippen molar-refractivity contribution < 1.29 is 5.11 Å². The molecule has 3 unspecified atom stereocenters. The lowest BCUT2D eigenvalue weighted by Crippen LogP contribution is -2.43. The van der Waals surface area contributed by atoms with Crippen LogP contribution in [0.4, 0.5) is 0 Å². The van der Waals surface area contributed by atoms with E-state index in [1.165, 1.54) is 12.8 Å². The van der Waals surface area contributed by atoms with Crippen molar-refractivity contribution >= 4 is 11.3 Å². The third kappa shape index (κ3) is 2.33. The molecule has 3 nitrogen and oxygen atoms in total. The van der Waals surface area contributed by atoms with Gasteiger partial charge in [0.05, 0.1) is 16.8 Å². The lowest BCUT2D eigenvalue weighted by molar-refractivity contribution is 0.0363. The first-order chi connectivity index (χ1) is 8.63. The summed E-state index contributed by atoms with van der Waals surface area (Å²) >= 11 is 1.68. The molecule has 3 rings (SSSR count). The lowest BCUT2D eigenvalue weighted by atomic mass is 9.85. The maximum Gasteiger partial charge on any atom is 0.0897 e. The van der Waals surface area contributed by atoms with Crippen LogP contribution in [-0.4, -0.2) is 40.2 Å². The molecule has 2 bridgehead atoms. The molecule has 2 saturated heterocycles. The first-order valence-electron chi connectivity index (χ1n) is 6.94. The fourth-order valence-corrected chi connectivity index (χ4v) is 4.28. The quantitative estimate of drug-likeness (QED) is 0.911. The fraction of sp³-hybridized carbons (Fsp3) is 0.786. The molecule has 0 radical (unpaired) electrons. The highest BCUT2D eigenvalue weighted by Gasteiger charge is 2.40. The molecule has 18 heavy (non-hydrogen) atoms. The number of nitrogens with zero attached hydrogens (tertiary/aromatic N) is 2. The lowest BCUT2D eigenvalue weighted by Gasteiger charge is -2.38. The summed E-state index contributed by atoms with van der Waals surface area (Å²) in [5, 5.41) is 13.6. The third-order valence-corrected chi connectivity index (χ3v) is 5.59. The number of hydrogen-bond acceptors (Lipinski definition) is 4. The van der Waals surface area contributed by atoms with E-state index in [2.05, 4.69) is 22.3 Å². The van der Waals surface area contributed by atoms with Crippen molar-refractivity contribution in [3.05, 3.63) is 16.1 Å². The molecular formula is C14H22N2OS. The molecule has 1 aromatic rings. The fourth-order valence-electron chi connectivity index (χ4n) is 3.65. The van der Waals surface area contributed by atoms with E-state index >= 15 is 0 Å². The van der Waals surface area contributed by atoms with Crippen LogP contribution in [-0.2, 0) is 6.42 Å². The van der Waals surface area contributed by atoms with E-state index in [0.717, 1.165) is 30.0 Å². The highest BCUT2D eigenvalue weighted by Crippen LogP contribution is 2.39. The summed E-state index contributed by atoms with van der Waals surface area (Å²) < 4.78 is 0. The molecule has 0 aliphatic carbocycles. The normalized spacial score (nSPS) is 33.8. The van der Waals surface area contributed by atoms with Crippen molar-refractivity contribution in [2.75, 3.05) is 7.05 Å². The molecule has 0 aromatic carbocycles. The van der Waals surface area contributed by atoms with Gasteiger partial charge in [0.25, 0.3) is 0 Å². The van der Waals surface area contributed by atoms with Gasteiger partial charge in [0, 0.05) is 23.9 Å². The van der Waals surface area contributed by atoms with Gasteiger partial charge in [0.2, 0.25) is 0 Å². The Morgan fingerprint density at radius 3 is 2.67 bits per heavy atom. The zero-order chi connectivity index (χ0) is 12.7. The second kappa shape index (κ2) is 4.91. The Morgan fingerprint density at radius 2 is 2.11 bits per heavy atom. The van der Waals surface area contributed by atoms with Gasteiger partial charge in [-0.3, -0.25) is 0 Å². The van der Waals surface area contributed by atoms with E-state index in [4.69, 9.17) is 0 Å². The molecule has 1 N–H and O–H groups in total. The van der Waals surface area contributed by atoms with Crippen molar-refractivity contribution in [2.24, 2.45) is 5.92 Å². The van der Waals surface area contributed by atoms with E-state index < -0.39 is 0 Å². The predicted molar refractivity (Wildman–Crippen MR) is 73.9 cm³/mol. The number of rotatable bonds is 3. The Balaban J connectivity index is 1.62. The van der Waals surface area contributed by atoms with Gasteiger partial charge in [-0.05, 0) is 45.6 Å². The van der Waals surface area contributed by atoms with Crippen molar-refractivity contribution in [3.8, 4) is 0 Å². The van der Waals surface area contributed by atoms with Gasteiger partial charge < -0.3 is 10.0 Å². The van der Waals surface area contributed by atoms with Crippen molar-refractivity contribution in [3.63, 3.8) is 0 Å². The minimum absolute atomic E-state index is 0.205. The summed E-state index contributed by atoms with van der Waals surface area (Å²) in [6, 6.07) is 1.42. The number of fused-ring (bicyclic) bond motifs is 2. The molecule has 0 spiro atoms. The Morgan fingerprint density at radius 1 is 1.44 bits per heavy atom. The van der Waals surface area contributed by atoms with Crippen LogP contribution >= 0.6 is 11.3 Å². The molecule has 100 valence electrons. The second-order valence-electron chi connectivity index (χ2n) is 5.91. The Bertz CT molecular complexity index is 406. The average Bonchev–Trinajstić information content (AvgIpc) is 2.80. The number of hydrogen-bond donors (Lipinski definition) is 1. The molecule has 2 aliphatic heterocycles. The van der Waals surface area contributed by atoms with Gasteiger partial charge in [-0.2, -0.15) is 0 Å². The molecular weight excluding hydrogens is 244 g/mol. The SMILES string of the molecule is Cc1nc(CC(O)C2CC3CCC(C2)N3C)cs1. The summed E-state index contributed by atoms with van der Waals surface area (Å²) in [4.78, 5) is 6.99. The summed E-state index contributed by atoms with van der Waals surface area (Å²) in [6.45, 7) is 2.02. The zero-order valence-electron chi connectivity index (χ0n) is 11.2. The van der Waals surface area contributed by atoms with Gasteiger partial charge in [-0.15, -0.1) is 11.3 Å². The van der Waals surface area contributed by atoms with Gasteiger partial charge in [0.15, 0.2) is 0 Å². The molecule has 2 aliphatic rings. The molecule has 0 saturated carbocycles. The van der Waals surface area contributed by atoms with E-state index in [0.29, 0.717) is 18.0 Å². The van der Waals surface area contributed by atoms with Crippen LogP contribution in [0.3, 0.4) is 0 Å². The molecule has 4 heteroatoms. The number of aliphatic hydroxyl groups excluding tert-OH is 1. The van der Waals surface area contributed by atoms with Crippen molar-refractivity contribution in [1.82, 2.24) is 9.88 Å². The van der Waals surface area contributed by atoms with Crippen LogP contribution in [0.5, 0.6) is 0 Å². The molecule has 3 heterocycles. The van der Waals surface area contributed by atoms with Gasteiger partial charge in [-0.25, -0.2) is 4.98 Å². The Labute approximate surface area is 113 Å². The summed E-state index contributed by atoms with van der Waals surface area (Å²) in [7, 11) is 2.24. The number of piperidine rings is 1. The second-order valence-corrected chi connectivity index (χ2v) is 6.97. The van der Waals surface area contributed by atoms with Crippen molar-refractivity contribution in [2.45, 2.75) is 57.2 Å². The standard InChI is InChI=1S/C14H22N2OS/c1-9-15-11(8-18-9)7-14(17)10-5-12-3-4-13(6-10)16(12)2/h8,10,12-14,17H,3-7H2,1-2H3. The topological polar surface area (TPSA) is 36.4 Å². The van der Waals surface area contributed by atoms with Crippen LogP contribution < -0.4 is 0 Å². The van der Waals surface area contributed by atoms with E-state index in [9.17, 15) is 5.11 Å². The Hall–Kier alpha value is -0.450. The highest BCUT2D eigenvalue weighted by atomic mass is 32.1. The Kier molecular flexibility index (Phi) is 3.43. The monoisotopic (exact) mass is 266 g/mol. The first kappa shape index (κ1) is 12.6. The number of aryl methyl sites for hydroxylation is 1. The number of aliphatic hydroxyl groups is 1. The highest BCUT2D eigenvalue weighted by molar-refractivity contribution is 7.09. The smallest absolute Gasteiger partial charge is 0.0897 e. The van der Waals surface area contributed by atoms with E-state index in [1.807, 2.05) is 6.92 Å². The van der Waals surface area contributed by atoms with Crippen LogP contribution in [0, 0.1) is 12.8 Å². The maximum absolute atomic E-state index is 10.4. The average molecular weight is 266 g/mol. The van der Waals surface area contributed by atoms with Crippen LogP contribution in [0.25, 0.3) is 0 Å². The minimum Gasteiger partial charge on any atom is -0.392 e. The summed E-state index contributed by atoms with van der Waals surface area (Å²) in [6.07, 6.45) is 5.50. The first-order valence-corrected chi connectivity index (χ1v) is 7.82. The van der Waals surface area contributed by atoms with E-state index in [1.54, 1.807) is 11.3 Å². The third-order valence-electron chi connectivity index (χ3n) is 4.76. The maximum atomic E-state index is 10.4. The molecule has 2 fully saturated rings. The molecule has 3 atom stereocenters. The van der Waals surface area contributed by atoms with Gasteiger partial charge in [-0.1, -0.05) is 0 Å². The number of thiazole rings is 1. The number of aromatic nitrogens is 1. The summed E-state index contributed by atoms with van der Waals surface area (Å²) in [5.74, 6) is 0.473. The zero-order valence-corrected chi connectivity index (χ0v) is 12.0. The van der Waals surface area contributed by atoms with Crippen molar-refractivity contribution in [1.29, 1.82) is 0 Å². The molecule has 1 aromatic heterocycles. The van der Waals surface area contributed by atoms with Gasteiger partial charge >= 0.3 is 0 Å². The predicted octanol–water partition coefficient (Wildman–Crippen LogP) is 2.23. The van der Waals surface area contributed by atoms with Crippen LogP contribution in [0.15, 0.2) is 5.38 Å². The van der Waals surface area contributed by atoms with E-state index in [-0.39, 0.29) is 6.10 Å².